The van der Waals surface area contributed by atoms with Gasteiger partial charge in [-0.05, 0) is 39.8 Å². The third-order valence-corrected chi connectivity index (χ3v) is 5.46. The van der Waals surface area contributed by atoms with Gasteiger partial charge in [0.2, 0.25) is 5.89 Å². The van der Waals surface area contributed by atoms with E-state index in [-0.39, 0.29) is 29.7 Å². The second-order valence-electron chi connectivity index (χ2n) is 8.79. The van der Waals surface area contributed by atoms with Crippen LogP contribution in [-0.4, -0.2) is 50.5 Å². The molecule has 1 fully saturated rings. The van der Waals surface area contributed by atoms with Crippen LogP contribution in [0.4, 0.5) is 18.0 Å². The zero-order chi connectivity index (χ0) is 24.1. The number of nitrogens with zero attached hydrogens (tertiary/aromatic N) is 4. The fourth-order valence-corrected chi connectivity index (χ4v) is 4.13. The molecule has 1 aliphatic heterocycles. The molecule has 33 heavy (non-hydrogen) atoms. The standard InChI is InChI=1S/C21H23ClF3N5O3/c1-11-16(29(9-7-26-11)19(31)33-20(2,3)4)18-28-15-14(21(23,24)25)12(22)10-13(17(15)32-18)30-8-5-6-27-30/h5-6,8,10-11,16,26H,7,9H2,1-4H3. The highest BCUT2D eigenvalue weighted by molar-refractivity contribution is 6.32. The van der Waals surface area contributed by atoms with Gasteiger partial charge >= 0.3 is 12.3 Å². The molecule has 1 aromatic carbocycles. The average molecular weight is 486 g/mol. The van der Waals surface area contributed by atoms with Gasteiger partial charge in [0.05, 0.1) is 5.02 Å². The lowest BCUT2D eigenvalue weighted by atomic mass is 10.1. The van der Waals surface area contributed by atoms with Gasteiger partial charge in [-0.2, -0.15) is 18.3 Å². The van der Waals surface area contributed by atoms with E-state index in [4.69, 9.17) is 20.8 Å². The third kappa shape index (κ3) is 4.51. The third-order valence-electron chi connectivity index (χ3n) is 5.16. The molecular weight excluding hydrogens is 463 g/mol. The summed E-state index contributed by atoms with van der Waals surface area (Å²) < 4.78 is 54.4. The molecule has 4 rings (SSSR count). The van der Waals surface area contributed by atoms with Crippen molar-refractivity contribution in [1.82, 2.24) is 25.0 Å². The molecule has 0 bridgehead atoms. The number of ether oxygens (including phenoxy) is 1. The summed E-state index contributed by atoms with van der Waals surface area (Å²) in [4.78, 5) is 18.5. The average Bonchev–Trinajstić information content (AvgIpc) is 3.34. The van der Waals surface area contributed by atoms with Crippen LogP contribution in [0.3, 0.4) is 0 Å². The molecule has 1 saturated heterocycles. The Bertz CT molecular complexity index is 1170. The first kappa shape index (κ1) is 23.4. The summed E-state index contributed by atoms with van der Waals surface area (Å²) in [6, 6.07) is 1.60. The maximum Gasteiger partial charge on any atom is 0.420 e. The fourth-order valence-electron chi connectivity index (χ4n) is 3.83. The van der Waals surface area contributed by atoms with Gasteiger partial charge in [0.25, 0.3) is 0 Å². The second kappa shape index (κ2) is 8.21. The van der Waals surface area contributed by atoms with E-state index in [2.05, 4.69) is 15.4 Å². The molecule has 0 aliphatic carbocycles. The van der Waals surface area contributed by atoms with Gasteiger partial charge in [-0.1, -0.05) is 11.6 Å². The molecule has 1 aliphatic rings. The predicted molar refractivity (Wildman–Crippen MR) is 114 cm³/mol. The van der Waals surface area contributed by atoms with E-state index < -0.39 is 40.0 Å². The Morgan fingerprint density at radius 1 is 1.33 bits per heavy atom. The highest BCUT2D eigenvalue weighted by Crippen LogP contribution is 2.43. The SMILES string of the molecule is CC1NCCN(C(=O)OC(C)(C)C)C1c1nc2c(C(F)(F)F)c(Cl)cc(-n3cccn3)c2o1. The van der Waals surface area contributed by atoms with E-state index in [1.165, 1.54) is 15.8 Å². The highest BCUT2D eigenvalue weighted by Gasteiger charge is 2.42. The topological polar surface area (TPSA) is 85.4 Å². The summed E-state index contributed by atoms with van der Waals surface area (Å²) in [7, 11) is 0. The Morgan fingerprint density at radius 2 is 2.06 bits per heavy atom. The molecular formula is C21H23ClF3N5O3. The van der Waals surface area contributed by atoms with Crippen LogP contribution in [0.1, 0.15) is 45.2 Å². The monoisotopic (exact) mass is 485 g/mol. The fraction of sp³-hybridized carbons (Fsp3) is 0.476. The van der Waals surface area contributed by atoms with Crippen molar-refractivity contribution in [1.29, 1.82) is 0 Å². The number of piperazine rings is 1. The van der Waals surface area contributed by atoms with Gasteiger partial charge in [0, 0.05) is 31.5 Å². The van der Waals surface area contributed by atoms with Crippen molar-refractivity contribution in [3.05, 3.63) is 41.0 Å². The number of carbonyl (C=O) groups is 1. The summed E-state index contributed by atoms with van der Waals surface area (Å²) in [5.74, 6) is -0.0586. The summed E-state index contributed by atoms with van der Waals surface area (Å²) in [5, 5.41) is 6.76. The molecule has 2 unspecified atom stereocenters. The van der Waals surface area contributed by atoms with E-state index in [0.717, 1.165) is 6.07 Å². The molecule has 8 nitrogen and oxygen atoms in total. The molecule has 0 spiro atoms. The van der Waals surface area contributed by atoms with Crippen LogP contribution in [0.2, 0.25) is 5.02 Å². The van der Waals surface area contributed by atoms with E-state index >= 15 is 0 Å². The molecule has 3 heterocycles. The van der Waals surface area contributed by atoms with Crippen LogP contribution in [0.25, 0.3) is 16.8 Å². The Labute approximate surface area is 192 Å². The van der Waals surface area contributed by atoms with Crippen molar-refractivity contribution < 1.29 is 27.1 Å². The number of amides is 1. The predicted octanol–water partition coefficient (Wildman–Crippen LogP) is 4.96. The van der Waals surface area contributed by atoms with Gasteiger partial charge in [-0.3, -0.25) is 4.90 Å². The lowest BCUT2D eigenvalue weighted by Crippen LogP contribution is -2.54. The molecule has 1 amide bonds. The van der Waals surface area contributed by atoms with Crippen LogP contribution >= 0.6 is 11.6 Å². The first-order valence-electron chi connectivity index (χ1n) is 10.3. The Balaban J connectivity index is 1.89. The number of hydrogen-bond acceptors (Lipinski definition) is 6. The van der Waals surface area contributed by atoms with Crippen molar-refractivity contribution in [2.24, 2.45) is 0 Å². The number of hydrogen-bond donors (Lipinski definition) is 1. The second-order valence-corrected chi connectivity index (χ2v) is 9.20. The largest absolute Gasteiger partial charge is 0.444 e. The van der Waals surface area contributed by atoms with Crippen molar-refractivity contribution in [3.8, 4) is 5.69 Å². The molecule has 0 radical (unpaired) electrons. The van der Waals surface area contributed by atoms with Gasteiger partial charge < -0.3 is 14.5 Å². The van der Waals surface area contributed by atoms with Crippen LogP contribution in [0.15, 0.2) is 28.9 Å². The quantitative estimate of drug-likeness (QED) is 0.552. The van der Waals surface area contributed by atoms with Crippen molar-refractivity contribution in [2.75, 3.05) is 13.1 Å². The van der Waals surface area contributed by atoms with E-state index in [0.29, 0.717) is 6.54 Å². The molecule has 0 saturated carbocycles. The van der Waals surface area contributed by atoms with Crippen LogP contribution < -0.4 is 5.32 Å². The van der Waals surface area contributed by atoms with E-state index in [1.807, 2.05) is 0 Å². The zero-order valence-corrected chi connectivity index (χ0v) is 19.2. The minimum Gasteiger partial charge on any atom is -0.444 e. The first-order valence-corrected chi connectivity index (χ1v) is 10.7. The highest BCUT2D eigenvalue weighted by atomic mass is 35.5. The Hall–Kier alpha value is -2.79. The van der Waals surface area contributed by atoms with E-state index in [9.17, 15) is 18.0 Å². The molecule has 3 aromatic rings. The van der Waals surface area contributed by atoms with E-state index in [1.54, 1.807) is 40.0 Å². The number of rotatable bonds is 2. The van der Waals surface area contributed by atoms with Crippen LogP contribution in [0.5, 0.6) is 0 Å². The summed E-state index contributed by atoms with van der Waals surface area (Å²) in [5.41, 5.74) is -2.23. The molecule has 1 N–H and O–H groups in total. The number of fused-ring (bicyclic) bond motifs is 1. The molecule has 12 heteroatoms. The first-order chi connectivity index (χ1) is 15.4. The van der Waals surface area contributed by atoms with Gasteiger partial charge in [0.1, 0.15) is 28.4 Å². The van der Waals surface area contributed by atoms with Crippen molar-refractivity contribution >= 4 is 28.8 Å². The summed E-state index contributed by atoms with van der Waals surface area (Å²) in [6.45, 7) is 7.75. The number of nitrogens with one attached hydrogen (secondary N) is 1. The lowest BCUT2D eigenvalue weighted by Gasteiger charge is -2.39. The summed E-state index contributed by atoms with van der Waals surface area (Å²) >= 11 is 6.05. The number of halogens is 4. The maximum atomic E-state index is 13.9. The van der Waals surface area contributed by atoms with Crippen molar-refractivity contribution in [3.63, 3.8) is 0 Å². The summed E-state index contributed by atoms with van der Waals surface area (Å²) in [6.07, 6.45) is -2.35. The minimum atomic E-state index is -4.77. The zero-order valence-electron chi connectivity index (χ0n) is 18.4. The maximum absolute atomic E-state index is 13.9. The molecule has 2 atom stereocenters. The Morgan fingerprint density at radius 3 is 2.67 bits per heavy atom. The Kier molecular flexibility index (Phi) is 5.81. The number of carbonyl (C=O) groups excluding carboxylic acids is 1. The van der Waals surface area contributed by atoms with Crippen LogP contribution in [-0.2, 0) is 10.9 Å². The lowest BCUT2D eigenvalue weighted by molar-refractivity contribution is -0.136. The normalized spacial score (nSPS) is 19.8. The molecule has 2 aromatic heterocycles. The molecule has 178 valence electrons. The van der Waals surface area contributed by atoms with Gasteiger partial charge in [-0.15, -0.1) is 0 Å². The van der Waals surface area contributed by atoms with Crippen molar-refractivity contribution in [2.45, 2.75) is 51.6 Å². The van der Waals surface area contributed by atoms with Gasteiger partial charge in [-0.25, -0.2) is 14.5 Å². The number of aromatic nitrogens is 3. The minimum absolute atomic E-state index is 0.0586. The smallest absolute Gasteiger partial charge is 0.420 e. The number of benzene rings is 1. The number of alkyl halides is 3. The van der Waals surface area contributed by atoms with Crippen LogP contribution in [0, 0.1) is 0 Å². The van der Waals surface area contributed by atoms with Gasteiger partial charge in [0.15, 0.2) is 5.58 Å². The number of oxazole rings is 1.